The molecule has 11 nitrogen and oxygen atoms in total. The Balaban J connectivity index is 3.05. The quantitative estimate of drug-likeness (QED) is 0.0919. The topological polar surface area (TPSA) is 117 Å². The maximum atomic E-state index is 10.8. The highest BCUT2D eigenvalue weighted by Gasteiger charge is 1.99. The van der Waals surface area contributed by atoms with E-state index in [1.807, 2.05) is 0 Å². The number of hydrogen-bond donors (Lipinski definition) is 2. The highest BCUT2D eigenvalue weighted by molar-refractivity contribution is 7.81. The van der Waals surface area contributed by atoms with Crippen molar-refractivity contribution < 1.29 is 52.2 Å². The summed E-state index contributed by atoms with van der Waals surface area (Å²) in [7, 11) is 0. The largest absolute Gasteiger partial charge is 0.463 e. The van der Waals surface area contributed by atoms with Gasteiger partial charge in [0.05, 0.1) is 104 Å². The first kappa shape index (κ1) is 32.4. The second kappa shape index (κ2) is 27.6. The number of carbonyl (C=O) groups is 2. The molecule has 0 bridgehead atoms. The Morgan fingerprint density at radius 2 is 0.545 bits per heavy atom. The van der Waals surface area contributed by atoms with Crippen LogP contribution in [0, 0.1) is 0 Å². The van der Waals surface area contributed by atoms with Crippen LogP contribution < -0.4 is 0 Å². The van der Waals surface area contributed by atoms with E-state index in [1.54, 1.807) is 0 Å². The Hall–Kier alpha value is -0.640. The van der Waals surface area contributed by atoms with Crippen LogP contribution in [0.4, 0.5) is 0 Å². The van der Waals surface area contributed by atoms with E-state index in [0.717, 1.165) is 0 Å². The summed E-state index contributed by atoms with van der Waals surface area (Å²) in [4.78, 5) is 21.7. The molecular formula is C20H38O11S2. The van der Waals surface area contributed by atoms with Crippen molar-refractivity contribution in [2.24, 2.45) is 0 Å². The van der Waals surface area contributed by atoms with Gasteiger partial charge >= 0.3 is 11.9 Å². The maximum Gasteiger partial charge on any atom is 0.315 e. The lowest BCUT2D eigenvalue weighted by Crippen LogP contribution is -2.16. The average Bonchev–Trinajstić information content (AvgIpc) is 2.83. The van der Waals surface area contributed by atoms with Crippen molar-refractivity contribution in [3.63, 3.8) is 0 Å². The lowest BCUT2D eigenvalue weighted by Gasteiger charge is -2.08. The fourth-order valence-electron chi connectivity index (χ4n) is 1.94. The van der Waals surface area contributed by atoms with Gasteiger partial charge in [0.1, 0.15) is 13.2 Å². The van der Waals surface area contributed by atoms with Gasteiger partial charge in [-0.2, -0.15) is 25.3 Å². The van der Waals surface area contributed by atoms with E-state index in [-0.39, 0.29) is 36.7 Å². The second-order valence-corrected chi connectivity index (χ2v) is 6.68. The van der Waals surface area contributed by atoms with Crippen molar-refractivity contribution in [2.45, 2.75) is 0 Å². The Morgan fingerprint density at radius 3 is 0.727 bits per heavy atom. The summed E-state index contributed by atoms with van der Waals surface area (Å²) < 4.78 is 47.0. The van der Waals surface area contributed by atoms with Crippen LogP contribution in [0.5, 0.6) is 0 Å². The molecule has 0 aromatic carbocycles. The summed E-state index contributed by atoms with van der Waals surface area (Å²) in [5, 5.41) is 0. The molecule has 0 heterocycles. The summed E-state index contributed by atoms with van der Waals surface area (Å²) >= 11 is 7.59. The Bertz CT molecular complexity index is 406. The molecule has 0 radical (unpaired) electrons. The van der Waals surface area contributed by atoms with Crippen molar-refractivity contribution in [2.75, 3.05) is 117 Å². The van der Waals surface area contributed by atoms with Gasteiger partial charge in [-0.05, 0) is 0 Å². The fraction of sp³-hybridized carbons (Fsp3) is 0.900. The van der Waals surface area contributed by atoms with Crippen LogP contribution in [-0.4, -0.2) is 129 Å². The SMILES string of the molecule is O=C(CS)OCCOCCOCCOCCOCCOCCOCCOCCOC(=O)CS. The van der Waals surface area contributed by atoms with Gasteiger partial charge in [0.25, 0.3) is 0 Å². The van der Waals surface area contributed by atoms with Crippen molar-refractivity contribution in [1.82, 2.24) is 0 Å². The van der Waals surface area contributed by atoms with Crippen LogP contribution in [0.1, 0.15) is 0 Å². The van der Waals surface area contributed by atoms with E-state index in [1.165, 1.54) is 0 Å². The van der Waals surface area contributed by atoms with Gasteiger partial charge in [0, 0.05) is 0 Å². The summed E-state index contributed by atoms with van der Waals surface area (Å²) in [5.41, 5.74) is 0. The molecular weight excluding hydrogens is 480 g/mol. The normalized spacial score (nSPS) is 11.0. The summed E-state index contributed by atoms with van der Waals surface area (Å²) in [6.45, 7) is 6.66. The van der Waals surface area contributed by atoms with E-state index in [0.29, 0.717) is 92.5 Å². The van der Waals surface area contributed by atoms with Gasteiger partial charge in [-0.1, -0.05) is 0 Å². The molecule has 0 aliphatic carbocycles. The maximum absolute atomic E-state index is 10.8. The Morgan fingerprint density at radius 1 is 0.364 bits per heavy atom. The fourth-order valence-corrected chi connectivity index (χ4v) is 2.12. The smallest absolute Gasteiger partial charge is 0.315 e. The molecule has 0 rings (SSSR count). The average molecular weight is 519 g/mol. The molecule has 0 aromatic rings. The van der Waals surface area contributed by atoms with Crippen LogP contribution in [0.15, 0.2) is 0 Å². The van der Waals surface area contributed by atoms with E-state index in [4.69, 9.17) is 42.6 Å². The molecule has 0 aliphatic rings. The van der Waals surface area contributed by atoms with Gasteiger partial charge < -0.3 is 42.6 Å². The zero-order valence-corrected chi connectivity index (χ0v) is 20.9. The zero-order valence-electron chi connectivity index (χ0n) is 19.1. The summed E-state index contributed by atoms with van der Waals surface area (Å²) in [5.74, 6) is -0.592. The lowest BCUT2D eigenvalue weighted by molar-refractivity contribution is -0.143. The first-order valence-electron chi connectivity index (χ1n) is 10.8. The molecule has 0 N–H and O–H groups in total. The minimum absolute atomic E-state index is 0.0658. The van der Waals surface area contributed by atoms with E-state index >= 15 is 0 Å². The lowest BCUT2D eigenvalue weighted by atomic mass is 10.6. The molecule has 0 spiro atoms. The molecule has 0 fully saturated rings. The Labute approximate surface area is 206 Å². The van der Waals surface area contributed by atoms with E-state index < -0.39 is 0 Å². The minimum Gasteiger partial charge on any atom is -0.463 e. The first-order valence-corrected chi connectivity index (χ1v) is 12.0. The molecule has 0 unspecified atom stereocenters. The highest BCUT2D eigenvalue weighted by atomic mass is 32.1. The predicted molar refractivity (Wildman–Crippen MR) is 125 cm³/mol. The van der Waals surface area contributed by atoms with Gasteiger partial charge in [0.2, 0.25) is 0 Å². The van der Waals surface area contributed by atoms with Gasteiger partial charge in [-0.25, -0.2) is 0 Å². The number of thiol groups is 2. The third-order valence-electron chi connectivity index (χ3n) is 3.47. The van der Waals surface area contributed by atoms with Crippen LogP contribution in [0.2, 0.25) is 0 Å². The van der Waals surface area contributed by atoms with Crippen molar-refractivity contribution >= 4 is 37.2 Å². The number of rotatable bonds is 26. The third kappa shape index (κ3) is 27.5. The molecule has 13 heteroatoms. The van der Waals surface area contributed by atoms with Crippen LogP contribution in [-0.2, 0) is 52.2 Å². The number of esters is 2. The van der Waals surface area contributed by atoms with Crippen molar-refractivity contribution in [3.05, 3.63) is 0 Å². The predicted octanol–water partition coefficient (Wildman–Crippen LogP) is 0.0486. The molecule has 0 aromatic heterocycles. The molecule has 0 saturated heterocycles. The zero-order chi connectivity index (χ0) is 24.2. The monoisotopic (exact) mass is 518 g/mol. The standard InChI is InChI=1S/C20H38O11S2/c21-19(17-32)30-15-13-28-11-9-26-7-5-24-3-1-23-2-4-25-6-8-27-10-12-29-14-16-31-20(22)18-33/h32-33H,1-18H2. The number of hydrogen-bond acceptors (Lipinski definition) is 13. The Kier molecular flexibility index (Phi) is 27.1. The number of carbonyl (C=O) groups excluding carboxylic acids is 2. The van der Waals surface area contributed by atoms with E-state index in [2.05, 4.69) is 25.3 Å². The molecule has 0 amide bonds. The van der Waals surface area contributed by atoms with Gasteiger partial charge in [0.15, 0.2) is 0 Å². The van der Waals surface area contributed by atoms with Crippen molar-refractivity contribution in [1.29, 1.82) is 0 Å². The van der Waals surface area contributed by atoms with Crippen molar-refractivity contribution in [3.8, 4) is 0 Å². The molecule has 33 heavy (non-hydrogen) atoms. The summed E-state index contributed by atoms with van der Waals surface area (Å²) in [6.07, 6.45) is 0. The highest BCUT2D eigenvalue weighted by Crippen LogP contribution is 1.87. The first-order chi connectivity index (χ1) is 16.2. The van der Waals surface area contributed by atoms with Gasteiger partial charge in [-0.15, -0.1) is 0 Å². The number of ether oxygens (including phenoxy) is 9. The third-order valence-corrected chi connectivity index (χ3v) is 3.99. The van der Waals surface area contributed by atoms with E-state index in [9.17, 15) is 9.59 Å². The van der Waals surface area contributed by atoms with Crippen LogP contribution in [0.25, 0.3) is 0 Å². The second-order valence-electron chi connectivity index (χ2n) is 6.04. The molecule has 196 valence electrons. The molecule has 0 atom stereocenters. The minimum atomic E-state index is -0.362. The molecule has 0 aliphatic heterocycles. The van der Waals surface area contributed by atoms with Crippen LogP contribution >= 0.6 is 25.3 Å². The van der Waals surface area contributed by atoms with Crippen LogP contribution in [0.3, 0.4) is 0 Å². The summed E-state index contributed by atoms with van der Waals surface area (Å²) in [6, 6.07) is 0. The molecule has 0 saturated carbocycles. The van der Waals surface area contributed by atoms with Gasteiger partial charge in [-0.3, -0.25) is 9.59 Å².